The summed E-state index contributed by atoms with van der Waals surface area (Å²) in [5.74, 6) is -2.75. The number of carbonyl (C=O) groups is 2. The van der Waals surface area contributed by atoms with E-state index in [-0.39, 0.29) is 11.9 Å². The van der Waals surface area contributed by atoms with Gasteiger partial charge >= 0.3 is 0 Å². The third-order valence-corrected chi connectivity index (χ3v) is 5.56. The molecule has 1 aliphatic rings. The van der Waals surface area contributed by atoms with E-state index >= 15 is 0 Å². The van der Waals surface area contributed by atoms with Crippen LogP contribution in [0.15, 0.2) is 67.0 Å². The molecule has 0 bridgehead atoms. The van der Waals surface area contributed by atoms with Crippen LogP contribution in [-0.4, -0.2) is 27.5 Å². The van der Waals surface area contributed by atoms with E-state index < -0.39 is 17.5 Å². The van der Waals surface area contributed by atoms with Crippen LogP contribution in [0.3, 0.4) is 0 Å². The molecule has 5 rings (SSSR count). The van der Waals surface area contributed by atoms with E-state index in [1.807, 2.05) is 0 Å². The third-order valence-electron chi connectivity index (χ3n) is 5.56. The van der Waals surface area contributed by atoms with Crippen molar-refractivity contribution in [1.82, 2.24) is 9.61 Å². The van der Waals surface area contributed by atoms with Crippen LogP contribution in [0.5, 0.6) is 0 Å². The number of rotatable bonds is 5. The minimum absolute atomic E-state index is 0.0469. The molecular weight excluding hydrogens is 414 g/mol. The standard InChI is InChI=1S/C24H18F2N4O2/c25-20-8-7-18(12-21(20)26)30(17-5-6-17)24(32)16-9-10-29-22(11-16)19(13-28-29)14-1-3-15(4-2-14)23(27)31/h1-4,7-13,17H,5-6H2,(H2,27,31). The Morgan fingerprint density at radius 3 is 2.38 bits per heavy atom. The number of benzene rings is 2. The summed E-state index contributed by atoms with van der Waals surface area (Å²) in [6, 6.07) is 13.6. The van der Waals surface area contributed by atoms with Crippen molar-refractivity contribution in [1.29, 1.82) is 0 Å². The van der Waals surface area contributed by atoms with E-state index in [0.29, 0.717) is 22.3 Å². The van der Waals surface area contributed by atoms with Gasteiger partial charge in [0.25, 0.3) is 5.91 Å². The van der Waals surface area contributed by atoms with Gasteiger partial charge in [-0.3, -0.25) is 9.59 Å². The zero-order valence-electron chi connectivity index (χ0n) is 16.8. The summed E-state index contributed by atoms with van der Waals surface area (Å²) in [5.41, 5.74) is 8.73. The summed E-state index contributed by atoms with van der Waals surface area (Å²) in [6.07, 6.45) is 4.96. The molecule has 0 saturated heterocycles. The highest BCUT2D eigenvalue weighted by Crippen LogP contribution is 2.34. The average molecular weight is 432 g/mol. The lowest BCUT2D eigenvalue weighted by molar-refractivity contribution is 0.0981. The van der Waals surface area contributed by atoms with Gasteiger partial charge in [-0.1, -0.05) is 12.1 Å². The van der Waals surface area contributed by atoms with Gasteiger partial charge in [0.05, 0.1) is 11.7 Å². The lowest BCUT2D eigenvalue weighted by atomic mass is 10.0. The molecule has 0 spiro atoms. The molecule has 160 valence electrons. The molecule has 2 heterocycles. The topological polar surface area (TPSA) is 80.7 Å². The number of halogens is 2. The SMILES string of the molecule is NC(=O)c1ccc(-c2cnn3ccc(C(=O)N(c4ccc(F)c(F)c4)C4CC4)cc23)cc1. The fourth-order valence-corrected chi connectivity index (χ4v) is 3.75. The first kappa shape index (κ1) is 19.9. The summed E-state index contributed by atoms with van der Waals surface area (Å²) in [5, 5.41) is 4.33. The number of fused-ring (bicyclic) bond motifs is 1. The molecule has 2 aromatic heterocycles. The Hall–Kier alpha value is -4.07. The number of nitrogens with two attached hydrogens (primary N) is 1. The van der Waals surface area contributed by atoms with E-state index in [1.165, 1.54) is 11.0 Å². The summed E-state index contributed by atoms with van der Waals surface area (Å²) < 4.78 is 28.9. The van der Waals surface area contributed by atoms with Crippen LogP contribution < -0.4 is 10.6 Å². The third kappa shape index (κ3) is 3.49. The van der Waals surface area contributed by atoms with Crippen molar-refractivity contribution >= 4 is 23.0 Å². The molecule has 2 amide bonds. The molecular formula is C24H18F2N4O2. The number of aromatic nitrogens is 2. The number of nitrogens with zero attached hydrogens (tertiary/aromatic N) is 3. The summed E-state index contributed by atoms with van der Waals surface area (Å²) >= 11 is 0. The maximum atomic E-state index is 13.8. The summed E-state index contributed by atoms with van der Waals surface area (Å²) in [6.45, 7) is 0. The second-order valence-electron chi connectivity index (χ2n) is 7.75. The van der Waals surface area contributed by atoms with Crippen LogP contribution in [0.4, 0.5) is 14.5 Å². The van der Waals surface area contributed by atoms with E-state index in [1.54, 1.807) is 53.3 Å². The van der Waals surface area contributed by atoms with Gasteiger partial charge in [0.2, 0.25) is 5.91 Å². The maximum Gasteiger partial charge on any atom is 0.258 e. The van der Waals surface area contributed by atoms with Crippen molar-refractivity contribution in [3.8, 4) is 11.1 Å². The molecule has 2 aromatic carbocycles. The first-order chi connectivity index (χ1) is 15.4. The van der Waals surface area contributed by atoms with Crippen LogP contribution in [0.1, 0.15) is 33.6 Å². The van der Waals surface area contributed by atoms with Crippen molar-refractivity contribution in [3.05, 3.63) is 89.8 Å². The first-order valence-electron chi connectivity index (χ1n) is 10.1. The van der Waals surface area contributed by atoms with Crippen molar-refractivity contribution in [3.63, 3.8) is 0 Å². The van der Waals surface area contributed by atoms with Crippen molar-refractivity contribution < 1.29 is 18.4 Å². The van der Waals surface area contributed by atoms with Gasteiger partial charge in [0, 0.05) is 40.7 Å². The number of carbonyl (C=O) groups excluding carboxylic acids is 2. The molecule has 0 atom stereocenters. The Morgan fingerprint density at radius 2 is 1.72 bits per heavy atom. The normalized spacial score (nSPS) is 13.3. The largest absolute Gasteiger partial charge is 0.366 e. The highest BCUT2D eigenvalue weighted by Gasteiger charge is 2.35. The van der Waals surface area contributed by atoms with Gasteiger partial charge in [0.1, 0.15) is 0 Å². The van der Waals surface area contributed by atoms with Gasteiger partial charge in [-0.25, -0.2) is 13.3 Å². The van der Waals surface area contributed by atoms with Gasteiger partial charge in [-0.2, -0.15) is 5.10 Å². The molecule has 1 aliphatic carbocycles. The minimum atomic E-state index is -0.992. The Labute approximate surface area is 181 Å². The second kappa shape index (κ2) is 7.56. The zero-order valence-corrected chi connectivity index (χ0v) is 16.8. The number of primary amides is 1. The Bertz CT molecular complexity index is 1360. The van der Waals surface area contributed by atoms with E-state index in [9.17, 15) is 18.4 Å². The quantitative estimate of drug-likeness (QED) is 0.514. The van der Waals surface area contributed by atoms with E-state index in [4.69, 9.17) is 5.73 Å². The van der Waals surface area contributed by atoms with Crippen LogP contribution >= 0.6 is 0 Å². The maximum absolute atomic E-state index is 13.8. The highest BCUT2D eigenvalue weighted by molar-refractivity contribution is 6.08. The van der Waals surface area contributed by atoms with E-state index in [2.05, 4.69) is 5.10 Å². The molecule has 0 aliphatic heterocycles. The van der Waals surface area contributed by atoms with Crippen LogP contribution in [0.25, 0.3) is 16.6 Å². The average Bonchev–Trinajstić information content (AvgIpc) is 3.53. The second-order valence-corrected chi connectivity index (χ2v) is 7.75. The predicted molar refractivity (Wildman–Crippen MR) is 115 cm³/mol. The Kier molecular flexibility index (Phi) is 4.70. The van der Waals surface area contributed by atoms with Gasteiger partial charge < -0.3 is 10.6 Å². The molecule has 1 fully saturated rings. The minimum Gasteiger partial charge on any atom is -0.366 e. The number of amides is 2. The smallest absolute Gasteiger partial charge is 0.258 e. The summed E-state index contributed by atoms with van der Waals surface area (Å²) in [4.78, 5) is 26.2. The monoisotopic (exact) mass is 432 g/mol. The number of anilines is 1. The zero-order chi connectivity index (χ0) is 22.4. The lowest BCUT2D eigenvalue weighted by Gasteiger charge is -2.23. The first-order valence-corrected chi connectivity index (χ1v) is 10.1. The van der Waals surface area contributed by atoms with Crippen molar-refractivity contribution in [2.45, 2.75) is 18.9 Å². The molecule has 0 radical (unpaired) electrons. The van der Waals surface area contributed by atoms with E-state index in [0.717, 1.165) is 36.1 Å². The van der Waals surface area contributed by atoms with Gasteiger partial charge in [0.15, 0.2) is 11.6 Å². The lowest BCUT2D eigenvalue weighted by Crippen LogP contribution is -2.33. The fraction of sp³-hybridized carbons (Fsp3) is 0.125. The fourth-order valence-electron chi connectivity index (χ4n) is 3.75. The van der Waals surface area contributed by atoms with Crippen LogP contribution in [0.2, 0.25) is 0 Å². The Balaban J connectivity index is 1.53. The molecule has 32 heavy (non-hydrogen) atoms. The summed E-state index contributed by atoms with van der Waals surface area (Å²) in [7, 11) is 0. The number of pyridine rings is 1. The van der Waals surface area contributed by atoms with Crippen LogP contribution in [-0.2, 0) is 0 Å². The molecule has 8 heteroatoms. The predicted octanol–water partition coefficient (Wildman–Crippen LogP) is 4.19. The molecule has 2 N–H and O–H groups in total. The van der Waals surface area contributed by atoms with Gasteiger partial charge in [-0.15, -0.1) is 0 Å². The highest BCUT2D eigenvalue weighted by atomic mass is 19.2. The van der Waals surface area contributed by atoms with Crippen LogP contribution in [0, 0.1) is 11.6 Å². The van der Waals surface area contributed by atoms with Gasteiger partial charge in [-0.05, 0) is 54.8 Å². The molecule has 6 nitrogen and oxygen atoms in total. The number of hydrogen-bond donors (Lipinski definition) is 1. The molecule has 1 saturated carbocycles. The molecule has 4 aromatic rings. The van der Waals surface area contributed by atoms with Crippen molar-refractivity contribution in [2.24, 2.45) is 5.73 Å². The molecule has 0 unspecified atom stereocenters. The Morgan fingerprint density at radius 1 is 0.969 bits per heavy atom. The van der Waals surface area contributed by atoms with Crippen molar-refractivity contribution in [2.75, 3.05) is 4.90 Å². The number of hydrogen-bond acceptors (Lipinski definition) is 3.